The molecule has 0 unspecified atom stereocenters. The molecular weight excluding hydrogens is 204 g/mol. The van der Waals surface area contributed by atoms with Gasteiger partial charge in [-0.25, -0.2) is 14.0 Å². The fourth-order valence-corrected chi connectivity index (χ4v) is 1.48. The van der Waals surface area contributed by atoms with Gasteiger partial charge < -0.3 is 0 Å². The summed E-state index contributed by atoms with van der Waals surface area (Å²) in [4.78, 5) is 15.8. The lowest BCUT2D eigenvalue weighted by Crippen LogP contribution is -2.23. The third kappa shape index (κ3) is 2.03. The molecule has 2 aromatic heterocycles. The summed E-state index contributed by atoms with van der Waals surface area (Å²) < 4.78 is 3.02. The second-order valence-electron chi connectivity index (χ2n) is 3.57. The Kier molecular flexibility index (Phi) is 3.14. The Balaban J connectivity index is 2.31. The molecule has 0 aliphatic carbocycles. The van der Waals surface area contributed by atoms with Crippen molar-refractivity contribution in [2.45, 2.75) is 26.3 Å². The highest BCUT2D eigenvalue weighted by Crippen LogP contribution is 2.00. The lowest BCUT2D eigenvalue weighted by atomic mass is 10.3. The second-order valence-corrected chi connectivity index (χ2v) is 3.57. The average molecular weight is 218 g/mol. The Labute approximate surface area is 93.4 Å². The minimum absolute atomic E-state index is 0.0975. The molecule has 0 saturated carbocycles. The third-order valence-corrected chi connectivity index (χ3v) is 2.40. The number of unbranched alkanes of at least 4 members (excludes halogenated alkanes) is 1. The van der Waals surface area contributed by atoms with Crippen LogP contribution < -0.4 is 5.69 Å². The fraction of sp³-hybridized carbons (Fsp3) is 0.364. The summed E-state index contributed by atoms with van der Waals surface area (Å²) >= 11 is 0. The van der Waals surface area contributed by atoms with E-state index in [0.29, 0.717) is 6.54 Å². The summed E-state index contributed by atoms with van der Waals surface area (Å²) in [5.74, 6) is 0. The molecule has 2 rings (SSSR count). The van der Waals surface area contributed by atoms with E-state index in [9.17, 15) is 4.79 Å². The molecule has 16 heavy (non-hydrogen) atoms. The number of hydrogen-bond acceptors (Lipinski definition) is 3. The van der Waals surface area contributed by atoms with E-state index in [2.05, 4.69) is 17.0 Å². The van der Waals surface area contributed by atoms with Crippen LogP contribution in [-0.2, 0) is 6.54 Å². The molecule has 5 heteroatoms. The first-order valence-corrected chi connectivity index (χ1v) is 5.38. The smallest absolute Gasteiger partial charge is 0.265 e. The first-order valence-electron chi connectivity index (χ1n) is 5.38. The van der Waals surface area contributed by atoms with Crippen molar-refractivity contribution >= 4 is 0 Å². The summed E-state index contributed by atoms with van der Waals surface area (Å²) in [5, 5.41) is 4.08. The average Bonchev–Trinajstić information content (AvgIpc) is 2.69. The quantitative estimate of drug-likeness (QED) is 0.775. The molecule has 0 fully saturated rings. The molecule has 5 nitrogen and oxygen atoms in total. The van der Waals surface area contributed by atoms with Crippen molar-refractivity contribution in [2.24, 2.45) is 0 Å². The van der Waals surface area contributed by atoms with E-state index in [-0.39, 0.29) is 5.69 Å². The predicted molar refractivity (Wildman–Crippen MR) is 60.5 cm³/mol. The van der Waals surface area contributed by atoms with Crippen LogP contribution in [-0.4, -0.2) is 19.3 Å². The van der Waals surface area contributed by atoms with Crippen LogP contribution in [0.25, 0.3) is 5.69 Å². The van der Waals surface area contributed by atoms with Crippen molar-refractivity contribution in [3.63, 3.8) is 0 Å². The molecule has 0 radical (unpaired) electrons. The van der Waals surface area contributed by atoms with E-state index in [1.54, 1.807) is 30.9 Å². The molecule has 2 aromatic rings. The summed E-state index contributed by atoms with van der Waals surface area (Å²) in [6, 6.07) is 3.57. The number of aryl methyl sites for hydroxylation is 1. The standard InChI is InChI=1S/C11H14N4O/c1-2-3-8-15-11(16)14(9-13-15)10-4-6-12-7-5-10/h4-7,9H,2-3,8H2,1H3. The number of nitrogens with zero attached hydrogens (tertiary/aromatic N) is 4. The SMILES string of the molecule is CCCCn1ncn(-c2ccncc2)c1=O. The highest BCUT2D eigenvalue weighted by molar-refractivity contribution is 5.27. The molecule has 0 aliphatic heterocycles. The Morgan fingerprint density at radius 1 is 1.31 bits per heavy atom. The first-order chi connectivity index (χ1) is 7.83. The van der Waals surface area contributed by atoms with E-state index >= 15 is 0 Å². The topological polar surface area (TPSA) is 52.7 Å². The molecule has 0 saturated heterocycles. The summed E-state index contributed by atoms with van der Waals surface area (Å²) in [7, 11) is 0. The molecule has 0 atom stereocenters. The largest absolute Gasteiger partial charge is 0.350 e. The van der Waals surface area contributed by atoms with Crippen molar-refractivity contribution in [3.05, 3.63) is 41.3 Å². The first kappa shape index (κ1) is 10.6. The van der Waals surface area contributed by atoms with E-state index in [4.69, 9.17) is 0 Å². The van der Waals surface area contributed by atoms with Crippen LogP contribution in [0.1, 0.15) is 19.8 Å². The van der Waals surface area contributed by atoms with E-state index < -0.39 is 0 Å². The van der Waals surface area contributed by atoms with Crippen LogP contribution in [0.3, 0.4) is 0 Å². The molecule has 84 valence electrons. The van der Waals surface area contributed by atoms with Crippen LogP contribution in [0, 0.1) is 0 Å². The molecule has 2 heterocycles. The van der Waals surface area contributed by atoms with Crippen molar-refractivity contribution in [3.8, 4) is 5.69 Å². The lowest BCUT2D eigenvalue weighted by molar-refractivity contribution is 0.551. The third-order valence-electron chi connectivity index (χ3n) is 2.40. The summed E-state index contributed by atoms with van der Waals surface area (Å²) in [5.41, 5.74) is 0.697. The lowest BCUT2D eigenvalue weighted by Gasteiger charge is -1.98. The fourth-order valence-electron chi connectivity index (χ4n) is 1.48. The molecule has 0 bridgehead atoms. The van der Waals surface area contributed by atoms with Crippen LogP contribution >= 0.6 is 0 Å². The van der Waals surface area contributed by atoms with Gasteiger partial charge in [0.25, 0.3) is 0 Å². The van der Waals surface area contributed by atoms with Gasteiger partial charge in [-0.05, 0) is 18.6 Å². The Morgan fingerprint density at radius 2 is 2.06 bits per heavy atom. The zero-order chi connectivity index (χ0) is 11.4. The molecular formula is C11H14N4O. The maximum absolute atomic E-state index is 11.9. The molecule has 0 amide bonds. The maximum Gasteiger partial charge on any atom is 0.350 e. The van der Waals surface area contributed by atoms with Gasteiger partial charge in [-0.1, -0.05) is 13.3 Å². The van der Waals surface area contributed by atoms with Crippen molar-refractivity contribution in [2.75, 3.05) is 0 Å². The van der Waals surface area contributed by atoms with Gasteiger partial charge in [0.2, 0.25) is 0 Å². The summed E-state index contributed by atoms with van der Waals surface area (Å²) in [6.45, 7) is 2.76. The van der Waals surface area contributed by atoms with Gasteiger partial charge in [0.1, 0.15) is 6.33 Å². The predicted octanol–water partition coefficient (Wildman–Crippen LogP) is 1.23. The van der Waals surface area contributed by atoms with Crippen molar-refractivity contribution < 1.29 is 0 Å². The van der Waals surface area contributed by atoms with Crippen LogP contribution in [0.4, 0.5) is 0 Å². The van der Waals surface area contributed by atoms with Gasteiger partial charge in [0.05, 0.1) is 5.69 Å². The molecule has 0 aromatic carbocycles. The van der Waals surface area contributed by atoms with Crippen molar-refractivity contribution in [1.29, 1.82) is 0 Å². The number of hydrogen-bond donors (Lipinski definition) is 0. The minimum Gasteiger partial charge on any atom is -0.265 e. The van der Waals surface area contributed by atoms with Crippen LogP contribution in [0.2, 0.25) is 0 Å². The van der Waals surface area contributed by atoms with Gasteiger partial charge in [-0.2, -0.15) is 5.10 Å². The number of rotatable bonds is 4. The summed E-state index contributed by atoms with van der Waals surface area (Å²) in [6.07, 6.45) is 6.88. The molecule has 0 aliphatic rings. The van der Waals surface area contributed by atoms with Gasteiger partial charge in [0, 0.05) is 18.9 Å². The van der Waals surface area contributed by atoms with Crippen molar-refractivity contribution in [1.82, 2.24) is 19.3 Å². The zero-order valence-electron chi connectivity index (χ0n) is 9.21. The highest BCUT2D eigenvalue weighted by Gasteiger charge is 2.05. The van der Waals surface area contributed by atoms with Crippen LogP contribution in [0.5, 0.6) is 0 Å². The van der Waals surface area contributed by atoms with E-state index in [0.717, 1.165) is 18.5 Å². The Bertz CT molecular complexity index is 500. The minimum atomic E-state index is -0.0975. The number of pyridine rings is 1. The monoisotopic (exact) mass is 218 g/mol. The van der Waals surface area contributed by atoms with E-state index in [1.807, 2.05) is 0 Å². The van der Waals surface area contributed by atoms with Crippen LogP contribution in [0.15, 0.2) is 35.6 Å². The van der Waals surface area contributed by atoms with Gasteiger partial charge in [0.15, 0.2) is 0 Å². The molecule has 0 spiro atoms. The zero-order valence-corrected chi connectivity index (χ0v) is 9.21. The Hall–Kier alpha value is -1.91. The normalized spacial score (nSPS) is 10.6. The number of aromatic nitrogens is 4. The Morgan fingerprint density at radius 3 is 2.75 bits per heavy atom. The highest BCUT2D eigenvalue weighted by atomic mass is 16.2. The second kappa shape index (κ2) is 4.74. The van der Waals surface area contributed by atoms with Gasteiger partial charge in [-0.15, -0.1) is 0 Å². The van der Waals surface area contributed by atoms with E-state index in [1.165, 1.54) is 9.25 Å². The van der Waals surface area contributed by atoms with Gasteiger partial charge in [-0.3, -0.25) is 4.98 Å². The molecule has 0 N–H and O–H groups in total. The maximum atomic E-state index is 11.9. The van der Waals surface area contributed by atoms with Gasteiger partial charge >= 0.3 is 5.69 Å².